The van der Waals surface area contributed by atoms with Crippen molar-refractivity contribution in [3.05, 3.63) is 70.8 Å². The monoisotopic (exact) mass is 553 g/mol. The van der Waals surface area contributed by atoms with Gasteiger partial charge in [0, 0.05) is 25.0 Å². The van der Waals surface area contributed by atoms with E-state index in [0.717, 1.165) is 5.56 Å². The maximum Gasteiger partial charge on any atom is 0.416 e. The highest BCUT2D eigenvalue weighted by atomic mass is 32.2. The Hall–Kier alpha value is -2.19. The van der Waals surface area contributed by atoms with E-state index in [1.807, 2.05) is 30.3 Å². The lowest BCUT2D eigenvalue weighted by atomic mass is 9.73. The molecule has 3 rings (SSSR count). The molecule has 0 spiro atoms. The first kappa shape index (κ1) is 29.4. The lowest BCUT2D eigenvalue weighted by Gasteiger charge is -2.42. The van der Waals surface area contributed by atoms with Gasteiger partial charge in [-0.3, -0.25) is 0 Å². The number of hydrogen-bond donors (Lipinski definition) is 2. The molecule has 0 amide bonds. The number of halogens is 6. The zero-order valence-electron chi connectivity index (χ0n) is 20.1. The minimum Gasteiger partial charge on any atom is -0.376 e. The van der Waals surface area contributed by atoms with Gasteiger partial charge in [0.1, 0.15) is 0 Å². The number of sulfonamides is 1. The minimum atomic E-state index is -4.94. The topological polar surface area (TPSA) is 70.7 Å². The standard InChI is InChI=1S/C24H29F6N3O3S/c1-31-9-12-37(34,35)32-33-10-7-22(8-11-33,19-5-3-2-4-6-19)17-36-16-18-13-20(23(25,26)27)15-21(14-18)24(28,29)30/h2-6,13-15,31-32H,7-12,16-17H2,1H3. The SMILES string of the molecule is CNCCS(=O)(=O)NN1CCC(COCc2cc(C(F)(F)F)cc(C(F)(F)F)c2)(c2ccccc2)CC1. The number of rotatable bonds is 10. The van der Waals surface area contributed by atoms with E-state index in [1.54, 1.807) is 12.1 Å². The van der Waals surface area contributed by atoms with Crippen LogP contribution in [0, 0.1) is 0 Å². The Morgan fingerprint density at radius 3 is 2.03 bits per heavy atom. The fourth-order valence-corrected chi connectivity index (χ4v) is 5.42. The molecule has 1 heterocycles. The van der Waals surface area contributed by atoms with Gasteiger partial charge in [-0.05, 0) is 49.2 Å². The molecule has 1 saturated heterocycles. The number of piperidine rings is 1. The third kappa shape index (κ3) is 8.14. The van der Waals surface area contributed by atoms with Crippen LogP contribution < -0.4 is 10.1 Å². The number of nitrogens with one attached hydrogen (secondary N) is 2. The van der Waals surface area contributed by atoms with Crippen LogP contribution in [-0.2, 0) is 39.1 Å². The van der Waals surface area contributed by atoms with Crippen LogP contribution in [0.3, 0.4) is 0 Å². The fourth-order valence-electron chi connectivity index (χ4n) is 4.28. The summed E-state index contributed by atoms with van der Waals surface area (Å²) in [7, 11) is -1.89. The van der Waals surface area contributed by atoms with E-state index >= 15 is 0 Å². The molecule has 1 aliphatic heterocycles. The van der Waals surface area contributed by atoms with E-state index in [-0.39, 0.29) is 30.5 Å². The first-order valence-electron chi connectivity index (χ1n) is 11.6. The van der Waals surface area contributed by atoms with Crippen LogP contribution in [0.2, 0.25) is 0 Å². The Kier molecular flexibility index (Phi) is 9.27. The first-order valence-corrected chi connectivity index (χ1v) is 13.2. The maximum atomic E-state index is 13.2. The molecule has 1 fully saturated rings. The summed E-state index contributed by atoms with van der Waals surface area (Å²) >= 11 is 0. The van der Waals surface area contributed by atoms with Gasteiger partial charge >= 0.3 is 12.4 Å². The number of ether oxygens (including phenoxy) is 1. The molecule has 2 N–H and O–H groups in total. The van der Waals surface area contributed by atoms with Crippen LogP contribution in [-0.4, -0.2) is 52.5 Å². The van der Waals surface area contributed by atoms with Gasteiger partial charge < -0.3 is 10.1 Å². The fraction of sp³-hybridized carbons (Fsp3) is 0.500. The lowest BCUT2D eigenvalue weighted by Crippen LogP contribution is -2.52. The number of benzene rings is 2. The Labute approximate surface area is 212 Å². The summed E-state index contributed by atoms with van der Waals surface area (Å²) in [4.78, 5) is 2.55. The van der Waals surface area contributed by atoms with Crippen LogP contribution in [0.5, 0.6) is 0 Å². The minimum absolute atomic E-state index is 0.0367. The van der Waals surface area contributed by atoms with E-state index in [0.29, 0.717) is 38.1 Å². The third-order valence-electron chi connectivity index (χ3n) is 6.29. The number of hydrazine groups is 1. The van der Waals surface area contributed by atoms with Crippen molar-refractivity contribution >= 4 is 10.0 Å². The zero-order valence-corrected chi connectivity index (χ0v) is 20.9. The van der Waals surface area contributed by atoms with E-state index < -0.39 is 45.5 Å². The van der Waals surface area contributed by atoms with Gasteiger partial charge in [0.2, 0.25) is 10.0 Å². The van der Waals surface area contributed by atoms with Gasteiger partial charge in [-0.25, -0.2) is 13.4 Å². The molecular formula is C24H29F6N3O3S. The van der Waals surface area contributed by atoms with Crippen LogP contribution in [0.15, 0.2) is 48.5 Å². The molecule has 1 aliphatic rings. The molecule has 0 unspecified atom stereocenters. The molecule has 0 saturated carbocycles. The van der Waals surface area contributed by atoms with E-state index in [9.17, 15) is 34.8 Å². The largest absolute Gasteiger partial charge is 0.416 e. The van der Waals surface area contributed by atoms with Crippen LogP contribution >= 0.6 is 0 Å². The van der Waals surface area contributed by atoms with Gasteiger partial charge in [0.25, 0.3) is 0 Å². The summed E-state index contributed by atoms with van der Waals surface area (Å²) in [6.07, 6.45) is -8.95. The average Bonchev–Trinajstić information content (AvgIpc) is 2.83. The molecule has 0 atom stereocenters. The van der Waals surface area contributed by atoms with Crippen LogP contribution in [0.1, 0.15) is 35.1 Å². The highest BCUT2D eigenvalue weighted by Crippen LogP contribution is 2.38. The number of alkyl halides is 6. The first-order chi connectivity index (χ1) is 17.2. The molecule has 6 nitrogen and oxygen atoms in total. The summed E-state index contributed by atoms with van der Waals surface area (Å²) in [6.45, 7) is 0.574. The van der Waals surface area contributed by atoms with Gasteiger partial charge in [-0.1, -0.05) is 30.3 Å². The predicted octanol–water partition coefficient (Wildman–Crippen LogP) is 4.33. The van der Waals surface area contributed by atoms with Crippen molar-refractivity contribution < 1.29 is 39.5 Å². The van der Waals surface area contributed by atoms with Crippen molar-refractivity contribution in [2.24, 2.45) is 0 Å². The maximum absolute atomic E-state index is 13.2. The average molecular weight is 554 g/mol. The predicted molar refractivity (Wildman–Crippen MR) is 126 cm³/mol. The molecule has 0 aliphatic carbocycles. The normalized spacial score (nSPS) is 17.2. The Morgan fingerprint density at radius 1 is 0.946 bits per heavy atom. The van der Waals surface area contributed by atoms with Crippen molar-refractivity contribution in [1.29, 1.82) is 0 Å². The van der Waals surface area contributed by atoms with Crippen LogP contribution in [0.4, 0.5) is 26.3 Å². The van der Waals surface area contributed by atoms with E-state index in [2.05, 4.69) is 10.1 Å². The molecule has 206 valence electrons. The molecular weight excluding hydrogens is 524 g/mol. The molecule has 0 bridgehead atoms. The molecule has 37 heavy (non-hydrogen) atoms. The summed E-state index contributed by atoms with van der Waals surface area (Å²) in [5.41, 5.74) is -2.72. The van der Waals surface area contributed by atoms with E-state index in [1.165, 1.54) is 0 Å². The number of nitrogens with zero attached hydrogens (tertiary/aromatic N) is 1. The summed E-state index contributed by atoms with van der Waals surface area (Å²) in [5.74, 6) is -0.0934. The Bertz CT molecular complexity index is 1100. The van der Waals surface area contributed by atoms with Crippen LogP contribution in [0.25, 0.3) is 0 Å². The second kappa shape index (κ2) is 11.7. The van der Waals surface area contributed by atoms with Crippen molar-refractivity contribution in [2.45, 2.75) is 37.2 Å². The highest BCUT2D eigenvalue weighted by Gasteiger charge is 2.39. The third-order valence-corrected chi connectivity index (χ3v) is 7.57. The summed E-state index contributed by atoms with van der Waals surface area (Å²) in [5, 5.41) is 4.37. The summed E-state index contributed by atoms with van der Waals surface area (Å²) < 4.78 is 109. The van der Waals surface area contributed by atoms with Crippen molar-refractivity contribution in [2.75, 3.05) is 39.0 Å². The lowest BCUT2D eigenvalue weighted by molar-refractivity contribution is -0.143. The molecule has 2 aromatic carbocycles. The summed E-state index contributed by atoms with van der Waals surface area (Å²) in [6, 6.07) is 10.6. The molecule has 13 heteroatoms. The Morgan fingerprint density at radius 2 is 1.51 bits per heavy atom. The van der Waals surface area contributed by atoms with Gasteiger partial charge in [-0.15, -0.1) is 4.83 Å². The number of hydrogen-bond acceptors (Lipinski definition) is 5. The second-order valence-corrected chi connectivity index (χ2v) is 10.9. The quantitative estimate of drug-likeness (QED) is 0.429. The van der Waals surface area contributed by atoms with Gasteiger partial charge in [0.05, 0.1) is 30.1 Å². The van der Waals surface area contributed by atoms with Crippen molar-refractivity contribution in [1.82, 2.24) is 15.2 Å². The van der Waals surface area contributed by atoms with Gasteiger partial charge in [0.15, 0.2) is 0 Å². The molecule has 2 aromatic rings. The Balaban J connectivity index is 1.74. The molecule has 0 aromatic heterocycles. The van der Waals surface area contributed by atoms with E-state index in [4.69, 9.17) is 4.74 Å². The smallest absolute Gasteiger partial charge is 0.376 e. The van der Waals surface area contributed by atoms with Crippen molar-refractivity contribution in [3.63, 3.8) is 0 Å². The zero-order chi connectivity index (χ0) is 27.3. The van der Waals surface area contributed by atoms with Crippen molar-refractivity contribution in [3.8, 4) is 0 Å². The molecule has 0 radical (unpaired) electrons. The second-order valence-electron chi connectivity index (χ2n) is 9.05. The highest BCUT2D eigenvalue weighted by molar-refractivity contribution is 7.89. The van der Waals surface area contributed by atoms with Gasteiger partial charge in [-0.2, -0.15) is 26.3 Å².